The average Bonchev–Trinajstić information content (AvgIpc) is 2.91. The summed E-state index contributed by atoms with van der Waals surface area (Å²) < 4.78 is 10.3. The molecule has 112 valence electrons. The third-order valence-electron chi connectivity index (χ3n) is 2.79. The molecule has 1 unspecified atom stereocenters. The van der Waals surface area contributed by atoms with Gasteiger partial charge in [0.15, 0.2) is 6.04 Å². The molecule has 5 nitrogen and oxygen atoms in total. The van der Waals surface area contributed by atoms with Crippen molar-refractivity contribution in [3.05, 3.63) is 40.3 Å². The molecule has 0 saturated heterocycles. The first-order chi connectivity index (χ1) is 10.1. The quantitative estimate of drug-likeness (QED) is 0.831. The van der Waals surface area contributed by atoms with Crippen LogP contribution in [0.3, 0.4) is 0 Å². The summed E-state index contributed by atoms with van der Waals surface area (Å²) in [6, 6.07) is 6.78. The van der Waals surface area contributed by atoms with Gasteiger partial charge >= 0.3 is 5.97 Å². The fourth-order valence-electron chi connectivity index (χ4n) is 1.83. The predicted octanol–water partition coefficient (Wildman–Crippen LogP) is 3.18. The number of aryl methyl sites for hydroxylation is 1. The molecule has 1 atom stereocenters. The highest BCUT2D eigenvalue weighted by atomic mass is 32.1. The molecular formula is C15H18N2O3S. The van der Waals surface area contributed by atoms with Crippen LogP contribution in [0.2, 0.25) is 0 Å². The van der Waals surface area contributed by atoms with Gasteiger partial charge in [-0.2, -0.15) is 0 Å². The fraction of sp³-hybridized carbons (Fsp3) is 0.333. The Labute approximate surface area is 127 Å². The number of thiazole rings is 1. The van der Waals surface area contributed by atoms with Crippen molar-refractivity contribution >= 4 is 23.0 Å². The Morgan fingerprint density at radius 2 is 2.29 bits per heavy atom. The van der Waals surface area contributed by atoms with Crippen molar-refractivity contribution in [2.24, 2.45) is 0 Å². The number of hydrogen-bond donors (Lipinski definition) is 1. The summed E-state index contributed by atoms with van der Waals surface area (Å²) in [7, 11) is 1.60. The molecule has 2 rings (SSSR count). The van der Waals surface area contributed by atoms with E-state index in [-0.39, 0.29) is 5.97 Å². The van der Waals surface area contributed by atoms with Crippen LogP contribution in [0.15, 0.2) is 29.6 Å². The molecule has 0 aliphatic heterocycles. The lowest BCUT2D eigenvalue weighted by Gasteiger charge is -2.16. The highest BCUT2D eigenvalue weighted by Crippen LogP contribution is 2.26. The van der Waals surface area contributed by atoms with Crippen molar-refractivity contribution < 1.29 is 14.3 Å². The minimum absolute atomic E-state index is 0.333. The number of nitrogens with zero attached hydrogens (tertiary/aromatic N) is 1. The molecular weight excluding hydrogens is 288 g/mol. The molecule has 21 heavy (non-hydrogen) atoms. The Morgan fingerprint density at radius 3 is 2.90 bits per heavy atom. The lowest BCUT2D eigenvalue weighted by molar-refractivity contribution is -0.144. The first-order valence-electron chi connectivity index (χ1n) is 6.63. The first kappa shape index (κ1) is 15.3. The first-order valence-corrected chi connectivity index (χ1v) is 7.51. The van der Waals surface area contributed by atoms with E-state index in [1.54, 1.807) is 14.0 Å². The molecule has 0 saturated carbocycles. The van der Waals surface area contributed by atoms with Crippen LogP contribution in [0.25, 0.3) is 0 Å². The highest BCUT2D eigenvalue weighted by Gasteiger charge is 2.25. The van der Waals surface area contributed by atoms with Crippen molar-refractivity contribution in [1.82, 2.24) is 4.98 Å². The van der Waals surface area contributed by atoms with Crippen molar-refractivity contribution in [2.75, 3.05) is 19.0 Å². The maximum absolute atomic E-state index is 12.2. The van der Waals surface area contributed by atoms with E-state index in [0.717, 1.165) is 17.1 Å². The number of hydrogen-bond acceptors (Lipinski definition) is 6. The smallest absolute Gasteiger partial charge is 0.335 e. The van der Waals surface area contributed by atoms with E-state index in [0.29, 0.717) is 11.6 Å². The van der Waals surface area contributed by atoms with Gasteiger partial charge in [0.2, 0.25) is 0 Å². The number of carbonyl (C=O) groups excluding carboxylic acids is 1. The molecule has 1 heterocycles. The van der Waals surface area contributed by atoms with Crippen LogP contribution < -0.4 is 10.1 Å². The third-order valence-corrected chi connectivity index (χ3v) is 3.81. The van der Waals surface area contributed by atoms with Crippen LogP contribution in [0.1, 0.15) is 23.7 Å². The summed E-state index contributed by atoms with van der Waals surface area (Å²) in [5.74, 6) is 0.382. The van der Waals surface area contributed by atoms with Gasteiger partial charge in [-0.15, -0.1) is 11.3 Å². The van der Waals surface area contributed by atoms with Crippen molar-refractivity contribution in [2.45, 2.75) is 19.9 Å². The zero-order valence-electron chi connectivity index (χ0n) is 12.3. The van der Waals surface area contributed by atoms with Gasteiger partial charge in [0.25, 0.3) is 0 Å². The zero-order chi connectivity index (χ0) is 15.2. The van der Waals surface area contributed by atoms with Gasteiger partial charge in [-0.25, -0.2) is 9.78 Å². The topological polar surface area (TPSA) is 60.5 Å². The second-order valence-corrected chi connectivity index (χ2v) is 5.28. The number of nitrogens with one attached hydrogen (secondary N) is 1. The van der Waals surface area contributed by atoms with Gasteiger partial charge in [0.1, 0.15) is 10.8 Å². The van der Waals surface area contributed by atoms with Gasteiger partial charge in [0, 0.05) is 22.8 Å². The number of methoxy groups -OCH3 is 1. The maximum atomic E-state index is 12.2. The van der Waals surface area contributed by atoms with Gasteiger partial charge in [-0.3, -0.25) is 0 Å². The Morgan fingerprint density at radius 1 is 1.48 bits per heavy atom. The van der Waals surface area contributed by atoms with Crippen LogP contribution in [0.4, 0.5) is 5.69 Å². The van der Waals surface area contributed by atoms with Crippen LogP contribution in [-0.4, -0.2) is 24.7 Å². The molecule has 0 bridgehead atoms. The Bertz CT molecular complexity index is 612. The molecule has 1 N–H and O–H groups in total. The lowest BCUT2D eigenvalue weighted by Crippen LogP contribution is -2.23. The van der Waals surface area contributed by atoms with Gasteiger partial charge in [0.05, 0.1) is 13.7 Å². The monoisotopic (exact) mass is 306 g/mol. The van der Waals surface area contributed by atoms with E-state index in [2.05, 4.69) is 10.3 Å². The molecule has 0 aliphatic carbocycles. The zero-order valence-corrected chi connectivity index (χ0v) is 13.1. The van der Waals surface area contributed by atoms with Crippen LogP contribution in [0.5, 0.6) is 5.75 Å². The summed E-state index contributed by atoms with van der Waals surface area (Å²) in [5, 5.41) is 5.76. The van der Waals surface area contributed by atoms with Crippen molar-refractivity contribution in [3.8, 4) is 5.75 Å². The van der Waals surface area contributed by atoms with Gasteiger partial charge < -0.3 is 14.8 Å². The Hall–Kier alpha value is -2.08. The molecule has 0 spiro atoms. The second-order valence-electron chi connectivity index (χ2n) is 4.39. The summed E-state index contributed by atoms with van der Waals surface area (Å²) in [4.78, 5) is 16.5. The van der Waals surface area contributed by atoms with Crippen molar-refractivity contribution in [3.63, 3.8) is 0 Å². The Kier molecular flexibility index (Phi) is 5.16. The van der Waals surface area contributed by atoms with Crippen LogP contribution >= 0.6 is 11.3 Å². The summed E-state index contributed by atoms with van der Waals surface area (Å²) >= 11 is 1.44. The number of aromatic nitrogens is 1. The van der Waals surface area contributed by atoms with Gasteiger partial charge in [-0.1, -0.05) is 6.07 Å². The van der Waals surface area contributed by atoms with E-state index in [1.165, 1.54) is 11.3 Å². The van der Waals surface area contributed by atoms with Crippen LogP contribution in [-0.2, 0) is 9.53 Å². The summed E-state index contributed by atoms with van der Waals surface area (Å²) in [5.41, 5.74) is 1.66. The minimum atomic E-state index is -0.615. The summed E-state index contributed by atoms with van der Waals surface area (Å²) in [6.45, 7) is 4.01. The predicted molar refractivity (Wildman–Crippen MR) is 82.8 cm³/mol. The van der Waals surface area contributed by atoms with E-state index in [1.807, 2.05) is 36.6 Å². The molecule has 2 aromatic rings. The highest BCUT2D eigenvalue weighted by molar-refractivity contribution is 7.09. The molecule has 0 radical (unpaired) electrons. The number of rotatable bonds is 6. The summed E-state index contributed by atoms with van der Waals surface area (Å²) in [6.07, 6.45) is 0. The Balaban J connectivity index is 2.24. The number of anilines is 1. The number of benzene rings is 1. The average molecular weight is 306 g/mol. The standard InChI is InChI=1S/C15H18N2O3S/c1-4-20-15(18)13(14-16-10(2)9-21-14)17-11-6-5-7-12(8-11)19-3/h5-9,13,17H,4H2,1-3H3. The minimum Gasteiger partial charge on any atom is -0.497 e. The molecule has 1 aromatic heterocycles. The molecule has 0 amide bonds. The largest absolute Gasteiger partial charge is 0.497 e. The normalized spacial score (nSPS) is 11.8. The van der Waals surface area contributed by atoms with E-state index >= 15 is 0 Å². The molecule has 6 heteroatoms. The second kappa shape index (κ2) is 7.08. The van der Waals surface area contributed by atoms with E-state index in [9.17, 15) is 4.79 Å². The SMILES string of the molecule is CCOC(=O)C(Nc1cccc(OC)c1)c1nc(C)cs1. The van der Waals surface area contributed by atoms with Crippen molar-refractivity contribution in [1.29, 1.82) is 0 Å². The van der Waals surface area contributed by atoms with Crippen LogP contribution in [0, 0.1) is 6.92 Å². The lowest BCUT2D eigenvalue weighted by atomic mass is 10.2. The molecule has 0 aliphatic rings. The number of ether oxygens (including phenoxy) is 2. The number of esters is 1. The maximum Gasteiger partial charge on any atom is 0.335 e. The van der Waals surface area contributed by atoms with E-state index in [4.69, 9.17) is 9.47 Å². The molecule has 1 aromatic carbocycles. The fourth-order valence-corrected chi connectivity index (χ4v) is 2.66. The van der Waals surface area contributed by atoms with E-state index < -0.39 is 6.04 Å². The third kappa shape index (κ3) is 3.95. The molecule has 0 fully saturated rings. The number of carbonyl (C=O) groups is 1. The van der Waals surface area contributed by atoms with Gasteiger partial charge in [-0.05, 0) is 26.0 Å².